The molecular weight excluding hydrogens is 268 g/mol. The van der Waals surface area contributed by atoms with E-state index in [4.69, 9.17) is 0 Å². The molecule has 1 aromatic rings. The van der Waals surface area contributed by atoms with Crippen LogP contribution in [0.5, 0.6) is 0 Å². The van der Waals surface area contributed by atoms with Gasteiger partial charge in [-0.05, 0) is 19.1 Å². The molecule has 1 aromatic heterocycles. The highest BCUT2D eigenvalue weighted by atomic mass is 35.5. The van der Waals surface area contributed by atoms with Gasteiger partial charge in [0.1, 0.15) is 4.21 Å². The first-order valence-corrected chi connectivity index (χ1v) is 7.02. The van der Waals surface area contributed by atoms with Crippen LogP contribution in [0, 0.1) is 6.92 Å². The third kappa shape index (κ3) is 2.41. The van der Waals surface area contributed by atoms with Gasteiger partial charge in [-0.1, -0.05) is 0 Å². The van der Waals surface area contributed by atoms with Crippen molar-refractivity contribution in [3.05, 3.63) is 17.0 Å². The molecule has 0 saturated carbocycles. The number of hydrogen-bond donors (Lipinski definition) is 1. The maximum absolute atomic E-state index is 12.1. The van der Waals surface area contributed by atoms with E-state index in [2.05, 4.69) is 5.32 Å². The summed E-state index contributed by atoms with van der Waals surface area (Å²) in [6.45, 7) is 3.41. The van der Waals surface area contributed by atoms with Crippen molar-refractivity contribution < 1.29 is 8.42 Å². The molecular formula is C9H15ClN2O2S2. The van der Waals surface area contributed by atoms with Crippen LogP contribution in [-0.2, 0) is 10.0 Å². The van der Waals surface area contributed by atoms with E-state index in [1.807, 2.05) is 13.0 Å². The summed E-state index contributed by atoms with van der Waals surface area (Å²) in [6.07, 6.45) is 0. The first-order valence-electron chi connectivity index (χ1n) is 4.77. The standard InChI is InChI=1S/C9H14N2O2S2.ClH/c1-7-3-4-9(14-7)15(12,13)11(2)8-5-10-6-8;/h3-4,8,10H,5-6H2,1-2H3;1H. The van der Waals surface area contributed by atoms with Crippen molar-refractivity contribution in [1.29, 1.82) is 0 Å². The molecule has 0 spiro atoms. The van der Waals surface area contributed by atoms with Crippen LogP contribution in [0.4, 0.5) is 0 Å². The summed E-state index contributed by atoms with van der Waals surface area (Å²) in [5.41, 5.74) is 0. The molecule has 7 heteroatoms. The van der Waals surface area contributed by atoms with Crippen molar-refractivity contribution in [1.82, 2.24) is 9.62 Å². The lowest BCUT2D eigenvalue weighted by Crippen LogP contribution is -2.57. The number of halogens is 1. The molecule has 0 atom stereocenters. The van der Waals surface area contributed by atoms with Gasteiger partial charge in [0.05, 0.1) is 0 Å². The highest BCUT2D eigenvalue weighted by Crippen LogP contribution is 2.25. The second-order valence-electron chi connectivity index (χ2n) is 3.70. The average Bonchev–Trinajstić information content (AvgIpc) is 2.49. The molecule has 2 heterocycles. The molecule has 16 heavy (non-hydrogen) atoms. The lowest BCUT2D eigenvalue weighted by molar-refractivity contribution is 0.274. The van der Waals surface area contributed by atoms with Crippen LogP contribution in [-0.4, -0.2) is 38.9 Å². The molecule has 1 saturated heterocycles. The van der Waals surface area contributed by atoms with Crippen molar-refractivity contribution in [3.63, 3.8) is 0 Å². The van der Waals surface area contributed by atoms with Crippen LogP contribution in [0.15, 0.2) is 16.3 Å². The zero-order chi connectivity index (χ0) is 11.1. The fraction of sp³-hybridized carbons (Fsp3) is 0.556. The van der Waals surface area contributed by atoms with Crippen molar-refractivity contribution in [2.75, 3.05) is 20.1 Å². The van der Waals surface area contributed by atoms with Crippen LogP contribution >= 0.6 is 23.7 Å². The summed E-state index contributed by atoms with van der Waals surface area (Å²) in [6, 6.07) is 3.62. The van der Waals surface area contributed by atoms with Crippen LogP contribution in [0.2, 0.25) is 0 Å². The Labute approximate surface area is 106 Å². The van der Waals surface area contributed by atoms with Gasteiger partial charge in [-0.25, -0.2) is 8.42 Å². The molecule has 1 aliphatic rings. The van der Waals surface area contributed by atoms with Gasteiger partial charge in [-0.3, -0.25) is 0 Å². The third-order valence-electron chi connectivity index (χ3n) is 2.62. The molecule has 0 radical (unpaired) electrons. The zero-order valence-corrected chi connectivity index (χ0v) is 11.6. The summed E-state index contributed by atoms with van der Waals surface area (Å²) >= 11 is 1.32. The van der Waals surface area contributed by atoms with Gasteiger partial charge < -0.3 is 5.32 Å². The number of hydrogen-bond acceptors (Lipinski definition) is 4. The number of aryl methyl sites for hydroxylation is 1. The number of nitrogens with one attached hydrogen (secondary N) is 1. The van der Waals surface area contributed by atoms with Gasteiger partial charge in [0.25, 0.3) is 10.0 Å². The van der Waals surface area contributed by atoms with E-state index < -0.39 is 10.0 Å². The Kier molecular flexibility index (Phi) is 4.36. The van der Waals surface area contributed by atoms with Gasteiger partial charge in [-0.2, -0.15) is 4.31 Å². The van der Waals surface area contributed by atoms with Crippen molar-refractivity contribution >= 4 is 33.8 Å². The van der Waals surface area contributed by atoms with Crippen molar-refractivity contribution in [3.8, 4) is 0 Å². The first-order chi connectivity index (χ1) is 7.01. The molecule has 0 aromatic carbocycles. The van der Waals surface area contributed by atoms with E-state index in [9.17, 15) is 8.42 Å². The quantitative estimate of drug-likeness (QED) is 0.902. The summed E-state index contributed by atoms with van der Waals surface area (Å²) < 4.78 is 26.1. The summed E-state index contributed by atoms with van der Waals surface area (Å²) in [4.78, 5) is 1.02. The number of nitrogens with zero attached hydrogens (tertiary/aromatic N) is 1. The predicted octanol–water partition coefficient (Wildman–Crippen LogP) is 1.07. The number of sulfonamides is 1. The molecule has 1 aliphatic heterocycles. The van der Waals surface area contributed by atoms with Crippen molar-refractivity contribution in [2.45, 2.75) is 17.2 Å². The summed E-state index contributed by atoms with van der Waals surface area (Å²) in [5, 5.41) is 3.07. The minimum atomic E-state index is -3.27. The lowest BCUT2D eigenvalue weighted by Gasteiger charge is -2.34. The number of likely N-dealkylation sites (N-methyl/N-ethyl adjacent to an activating group) is 1. The molecule has 92 valence electrons. The van der Waals surface area contributed by atoms with E-state index in [1.54, 1.807) is 13.1 Å². The fourth-order valence-corrected chi connectivity index (χ4v) is 4.24. The van der Waals surface area contributed by atoms with Crippen LogP contribution in [0.25, 0.3) is 0 Å². The lowest BCUT2D eigenvalue weighted by atomic mass is 10.2. The highest BCUT2D eigenvalue weighted by Gasteiger charge is 2.32. The predicted molar refractivity (Wildman–Crippen MR) is 67.9 cm³/mol. The van der Waals surface area contributed by atoms with E-state index in [1.165, 1.54) is 15.6 Å². The minimum absolute atomic E-state index is 0. The molecule has 0 bridgehead atoms. The number of rotatable bonds is 3. The molecule has 2 rings (SSSR count). The van der Waals surface area contributed by atoms with Crippen LogP contribution < -0.4 is 5.32 Å². The Morgan fingerprint density at radius 1 is 1.44 bits per heavy atom. The average molecular weight is 283 g/mol. The Morgan fingerprint density at radius 3 is 2.44 bits per heavy atom. The molecule has 0 aliphatic carbocycles. The monoisotopic (exact) mass is 282 g/mol. The Morgan fingerprint density at radius 2 is 2.06 bits per heavy atom. The van der Waals surface area contributed by atoms with E-state index in [0.717, 1.165) is 18.0 Å². The fourth-order valence-electron chi connectivity index (χ4n) is 1.42. The largest absolute Gasteiger partial charge is 0.313 e. The normalized spacial score (nSPS) is 16.9. The maximum Gasteiger partial charge on any atom is 0.252 e. The van der Waals surface area contributed by atoms with E-state index in [-0.39, 0.29) is 18.4 Å². The Balaban J connectivity index is 0.00000128. The summed E-state index contributed by atoms with van der Waals surface area (Å²) in [7, 11) is -1.62. The van der Waals surface area contributed by atoms with Crippen LogP contribution in [0.3, 0.4) is 0 Å². The second kappa shape index (κ2) is 5.01. The molecule has 4 nitrogen and oxygen atoms in total. The van der Waals surface area contributed by atoms with Gasteiger partial charge in [-0.15, -0.1) is 23.7 Å². The molecule has 1 fully saturated rings. The topological polar surface area (TPSA) is 49.4 Å². The maximum atomic E-state index is 12.1. The van der Waals surface area contributed by atoms with E-state index in [0.29, 0.717) is 4.21 Å². The van der Waals surface area contributed by atoms with Crippen molar-refractivity contribution in [2.24, 2.45) is 0 Å². The molecule has 0 amide bonds. The van der Waals surface area contributed by atoms with Crippen LogP contribution in [0.1, 0.15) is 4.88 Å². The number of thiophene rings is 1. The Hall–Kier alpha value is -0.140. The minimum Gasteiger partial charge on any atom is -0.313 e. The summed E-state index contributed by atoms with van der Waals surface area (Å²) in [5.74, 6) is 0. The van der Waals surface area contributed by atoms with Gasteiger partial charge in [0.2, 0.25) is 0 Å². The first kappa shape index (κ1) is 13.9. The third-order valence-corrected chi connectivity index (χ3v) is 6.00. The van der Waals surface area contributed by atoms with Gasteiger partial charge in [0.15, 0.2) is 0 Å². The smallest absolute Gasteiger partial charge is 0.252 e. The zero-order valence-electron chi connectivity index (χ0n) is 9.13. The SMILES string of the molecule is Cc1ccc(S(=O)(=O)N(C)C2CNC2)s1.Cl. The molecule has 0 unspecified atom stereocenters. The van der Waals surface area contributed by atoms with Gasteiger partial charge >= 0.3 is 0 Å². The second-order valence-corrected chi connectivity index (χ2v) is 7.21. The molecule has 1 N–H and O–H groups in total. The Bertz CT molecular complexity index is 454. The van der Waals surface area contributed by atoms with E-state index >= 15 is 0 Å². The highest BCUT2D eigenvalue weighted by molar-refractivity contribution is 7.91. The van der Waals surface area contributed by atoms with Gasteiger partial charge in [0, 0.05) is 31.1 Å².